The molecule has 1 unspecified atom stereocenters. The second-order valence-corrected chi connectivity index (χ2v) is 7.65. The van der Waals surface area contributed by atoms with Gasteiger partial charge in [0.1, 0.15) is 0 Å². The van der Waals surface area contributed by atoms with Crippen molar-refractivity contribution in [1.82, 2.24) is 0 Å². The molecule has 4 aliphatic rings. The van der Waals surface area contributed by atoms with Crippen LogP contribution in [0, 0.1) is 5.41 Å². The first kappa shape index (κ1) is 14.4. The zero-order valence-electron chi connectivity index (χ0n) is 14.1. The summed E-state index contributed by atoms with van der Waals surface area (Å²) in [7, 11) is 0. The molecule has 0 saturated heterocycles. The molecule has 0 aliphatic heterocycles. The highest BCUT2D eigenvalue weighted by Gasteiger charge is 2.47. The summed E-state index contributed by atoms with van der Waals surface area (Å²) in [5.74, 6) is 0. The lowest BCUT2D eigenvalue weighted by Crippen LogP contribution is -2.27. The maximum absolute atomic E-state index is 4.97. The number of thiol groups is 1. The lowest BCUT2D eigenvalue weighted by Gasteiger charge is -2.39. The Hall–Kier alpha value is -2.77. The number of fused-ring (bicyclic) bond motifs is 8. The molecule has 0 bridgehead atoms. The van der Waals surface area contributed by atoms with Crippen LogP contribution in [-0.4, -0.2) is 0 Å². The van der Waals surface area contributed by atoms with Crippen LogP contribution in [0.2, 0.25) is 0 Å². The minimum atomic E-state index is -0.296. The van der Waals surface area contributed by atoms with E-state index in [0.717, 1.165) is 4.91 Å². The first-order valence-electron chi connectivity index (χ1n) is 8.94. The second-order valence-electron chi connectivity index (χ2n) is 7.17. The van der Waals surface area contributed by atoms with Gasteiger partial charge in [-0.05, 0) is 56.7 Å². The van der Waals surface area contributed by atoms with Crippen LogP contribution in [0.3, 0.4) is 0 Å². The average Bonchev–Trinajstić information content (AvgIpc) is 3.24. The van der Waals surface area contributed by atoms with Gasteiger partial charge in [0, 0.05) is 4.91 Å². The second kappa shape index (κ2) is 4.90. The summed E-state index contributed by atoms with van der Waals surface area (Å²) >= 11 is 4.97. The van der Waals surface area contributed by atoms with Crippen molar-refractivity contribution in [2.45, 2.75) is 0 Å². The van der Waals surface area contributed by atoms with Crippen LogP contribution in [0.5, 0.6) is 0 Å². The number of allylic oxidation sites excluding steroid dienone is 10. The molecule has 26 heavy (non-hydrogen) atoms. The number of hydrogen-bond donors (Lipinski definition) is 1. The van der Waals surface area contributed by atoms with Crippen molar-refractivity contribution in [1.29, 1.82) is 0 Å². The smallest absolute Gasteiger partial charge is 0.0704 e. The maximum Gasteiger partial charge on any atom is 0.0704 e. The molecule has 1 spiro atoms. The molecular weight excluding hydrogens is 332 g/mol. The van der Waals surface area contributed by atoms with Crippen molar-refractivity contribution in [2.75, 3.05) is 0 Å². The Labute approximate surface area is 158 Å². The molecule has 1 atom stereocenters. The van der Waals surface area contributed by atoms with Crippen LogP contribution < -0.4 is 0 Å². The summed E-state index contributed by atoms with van der Waals surface area (Å²) in [6, 6.07) is 17.3. The van der Waals surface area contributed by atoms with E-state index >= 15 is 0 Å². The van der Waals surface area contributed by atoms with E-state index in [2.05, 4.69) is 91.1 Å². The first-order valence-corrected chi connectivity index (χ1v) is 9.38. The summed E-state index contributed by atoms with van der Waals surface area (Å²) in [6.07, 6.45) is 15.9. The molecule has 0 amide bonds. The van der Waals surface area contributed by atoms with Gasteiger partial charge in [-0.2, -0.15) is 0 Å². The van der Waals surface area contributed by atoms with E-state index in [9.17, 15) is 0 Å². The van der Waals surface area contributed by atoms with Gasteiger partial charge < -0.3 is 0 Å². The van der Waals surface area contributed by atoms with Gasteiger partial charge in [0.15, 0.2) is 0 Å². The standard InChI is InChI=1S/C25H16S/c26-24-12-11-21-19-9-4-2-7-17(19)15-23(21)25(24)13-5-10-20-18-8-3-1-6-16(18)14-22(20)25/h1-15,26H. The third kappa shape index (κ3) is 1.62. The zero-order chi connectivity index (χ0) is 17.3. The predicted molar refractivity (Wildman–Crippen MR) is 113 cm³/mol. The zero-order valence-corrected chi connectivity index (χ0v) is 15.0. The van der Waals surface area contributed by atoms with Gasteiger partial charge in [-0.3, -0.25) is 0 Å². The first-order chi connectivity index (χ1) is 12.8. The summed E-state index contributed by atoms with van der Waals surface area (Å²) in [6.45, 7) is 0. The van der Waals surface area contributed by atoms with Gasteiger partial charge in [-0.25, -0.2) is 0 Å². The van der Waals surface area contributed by atoms with Gasteiger partial charge in [0.05, 0.1) is 5.41 Å². The summed E-state index contributed by atoms with van der Waals surface area (Å²) in [5.41, 5.74) is 10.3. The number of benzene rings is 2. The van der Waals surface area contributed by atoms with E-state index < -0.39 is 0 Å². The van der Waals surface area contributed by atoms with Gasteiger partial charge in [-0.15, -0.1) is 12.6 Å². The number of rotatable bonds is 0. The summed E-state index contributed by atoms with van der Waals surface area (Å²) in [5, 5.41) is 0. The largest absolute Gasteiger partial charge is 0.146 e. The summed E-state index contributed by atoms with van der Waals surface area (Å²) in [4.78, 5) is 1.08. The van der Waals surface area contributed by atoms with Crippen molar-refractivity contribution < 1.29 is 0 Å². The Balaban J connectivity index is 1.63. The highest BCUT2D eigenvalue weighted by atomic mass is 32.1. The van der Waals surface area contributed by atoms with E-state index in [1.165, 1.54) is 44.5 Å². The lowest BCUT2D eigenvalue weighted by atomic mass is 9.65. The highest BCUT2D eigenvalue weighted by Crippen LogP contribution is 2.61. The minimum absolute atomic E-state index is 0.296. The molecule has 1 heteroatoms. The van der Waals surface area contributed by atoms with Crippen LogP contribution in [0.15, 0.2) is 95.0 Å². The Kier molecular flexibility index (Phi) is 2.71. The molecule has 2 aromatic carbocycles. The van der Waals surface area contributed by atoms with E-state index in [4.69, 9.17) is 12.6 Å². The Morgan fingerprint density at radius 2 is 1.23 bits per heavy atom. The minimum Gasteiger partial charge on any atom is -0.146 e. The van der Waals surface area contributed by atoms with Crippen LogP contribution in [0.1, 0.15) is 22.3 Å². The van der Waals surface area contributed by atoms with Crippen molar-refractivity contribution in [2.24, 2.45) is 5.41 Å². The van der Waals surface area contributed by atoms with Crippen LogP contribution in [0.25, 0.3) is 23.3 Å². The fourth-order valence-corrected chi connectivity index (χ4v) is 5.16. The molecule has 0 saturated carbocycles. The van der Waals surface area contributed by atoms with Crippen molar-refractivity contribution in [3.05, 3.63) is 117 Å². The van der Waals surface area contributed by atoms with E-state index in [-0.39, 0.29) is 5.41 Å². The Morgan fingerprint density at radius 3 is 1.88 bits per heavy atom. The van der Waals surface area contributed by atoms with Crippen molar-refractivity contribution in [3.63, 3.8) is 0 Å². The van der Waals surface area contributed by atoms with Crippen LogP contribution >= 0.6 is 12.6 Å². The molecule has 6 rings (SSSR count). The predicted octanol–water partition coefficient (Wildman–Crippen LogP) is 6.33. The summed E-state index contributed by atoms with van der Waals surface area (Å²) < 4.78 is 0. The van der Waals surface area contributed by atoms with Gasteiger partial charge in [0.25, 0.3) is 0 Å². The monoisotopic (exact) mass is 348 g/mol. The van der Waals surface area contributed by atoms with E-state index in [0.29, 0.717) is 0 Å². The Bertz CT molecular complexity index is 1160. The van der Waals surface area contributed by atoms with Gasteiger partial charge in [0.2, 0.25) is 0 Å². The van der Waals surface area contributed by atoms with Gasteiger partial charge in [-0.1, -0.05) is 78.9 Å². The Morgan fingerprint density at radius 1 is 0.654 bits per heavy atom. The van der Waals surface area contributed by atoms with Crippen LogP contribution in [0.4, 0.5) is 0 Å². The fourth-order valence-electron chi connectivity index (χ4n) is 4.77. The van der Waals surface area contributed by atoms with Crippen molar-refractivity contribution >= 4 is 35.9 Å². The molecule has 0 aromatic heterocycles. The van der Waals surface area contributed by atoms with Gasteiger partial charge >= 0.3 is 0 Å². The van der Waals surface area contributed by atoms with E-state index in [1.54, 1.807) is 0 Å². The fraction of sp³-hybridized carbons (Fsp3) is 0.0400. The third-order valence-corrected chi connectivity index (χ3v) is 6.45. The average molecular weight is 348 g/mol. The molecule has 0 nitrogen and oxygen atoms in total. The lowest BCUT2D eigenvalue weighted by molar-refractivity contribution is 0.741. The van der Waals surface area contributed by atoms with Crippen molar-refractivity contribution in [3.8, 4) is 0 Å². The molecule has 0 radical (unpaired) electrons. The quantitative estimate of drug-likeness (QED) is 0.528. The third-order valence-electron chi connectivity index (χ3n) is 5.95. The molecule has 0 heterocycles. The normalized spacial score (nSPS) is 24.0. The molecule has 2 aromatic rings. The SMILES string of the molecule is SC1=CC=C2C(=Cc3ccccc32)C12C=CC=C1C2=Cc2ccccc21. The highest BCUT2D eigenvalue weighted by molar-refractivity contribution is 7.84. The number of hydrogen-bond acceptors (Lipinski definition) is 1. The van der Waals surface area contributed by atoms with E-state index in [1.807, 2.05) is 0 Å². The maximum atomic E-state index is 4.97. The molecule has 4 aliphatic carbocycles. The molecular formula is C25H16S. The molecule has 122 valence electrons. The molecule has 0 fully saturated rings. The molecule has 0 N–H and O–H groups in total. The van der Waals surface area contributed by atoms with Crippen LogP contribution in [-0.2, 0) is 0 Å². The topological polar surface area (TPSA) is 0 Å².